The Kier molecular flexibility index (Phi) is 3.95. The summed E-state index contributed by atoms with van der Waals surface area (Å²) >= 11 is 1.13. The lowest BCUT2D eigenvalue weighted by atomic mass is 10.2. The predicted octanol–water partition coefficient (Wildman–Crippen LogP) is -0.290. The molecule has 1 amide bonds. The van der Waals surface area contributed by atoms with Crippen LogP contribution in [0.3, 0.4) is 0 Å². The normalized spacial score (nSPS) is 18.9. The molecule has 0 bridgehead atoms. The molecule has 1 aliphatic heterocycles. The highest BCUT2D eigenvalue weighted by atomic mass is 32.2. The van der Waals surface area contributed by atoms with Crippen LogP contribution in [-0.4, -0.2) is 50.3 Å². The fourth-order valence-electron chi connectivity index (χ4n) is 1.99. The van der Waals surface area contributed by atoms with Crippen molar-refractivity contribution in [2.75, 3.05) is 42.3 Å². The van der Waals surface area contributed by atoms with Crippen LogP contribution in [0.25, 0.3) is 0 Å². The number of nitrogens with two attached hydrogens (primary N) is 1. The first-order valence-electron chi connectivity index (χ1n) is 5.87. The second-order valence-electron chi connectivity index (χ2n) is 4.32. The minimum Gasteiger partial charge on any atom is -0.382 e. The smallest absolute Gasteiger partial charge is 0.257 e. The lowest BCUT2D eigenvalue weighted by Gasteiger charge is -2.20. The molecule has 106 valence electrons. The van der Waals surface area contributed by atoms with Crippen molar-refractivity contribution in [3.8, 4) is 0 Å². The standard InChI is InChI=1S/C10H16N4O3S2/c1-12-9(15)7-8(11)13-18-10(7)14-3-2-5-19(16,17)6-4-14/h2-6H2,1H3,(H2,11,13)(H,12,15). The molecule has 2 heterocycles. The number of carbonyl (C=O) groups excluding carboxylic acids is 1. The number of anilines is 2. The van der Waals surface area contributed by atoms with Crippen LogP contribution in [-0.2, 0) is 9.84 Å². The highest BCUT2D eigenvalue weighted by molar-refractivity contribution is 7.91. The zero-order chi connectivity index (χ0) is 14.0. The van der Waals surface area contributed by atoms with Crippen LogP contribution < -0.4 is 16.0 Å². The maximum absolute atomic E-state index is 11.8. The van der Waals surface area contributed by atoms with E-state index in [4.69, 9.17) is 5.73 Å². The van der Waals surface area contributed by atoms with E-state index in [0.29, 0.717) is 30.1 Å². The number of hydrogen-bond acceptors (Lipinski definition) is 7. The summed E-state index contributed by atoms with van der Waals surface area (Å²) in [5.74, 6) is 0.172. The molecule has 1 aromatic heterocycles. The van der Waals surface area contributed by atoms with Crippen molar-refractivity contribution in [3.63, 3.8) is 0 Å². The highest BCUT2D eigenvalue weighted by Crippen LogP contribution is 2.31. The number of rotatable bonds is 2. The Balaban J connectivity index is 2.30. The lowest BCUT2D eigenvalue weighted by Crippen LogP contribution is -2.29. The summed E-state index contributed by atoms with van der Waals surface area (Å²) in [7, 11) is -1.46. The minimum absolute atomic E-state index is 0.0952. The zero-order valence-electron chi connectivity index (χ0n) is 10.5. The van der Waals surface area contributed by atoms with Crippen LogP contribution in [0, 0.1) is 0 Å². The molecule has 19 heavy (non-hydrogen) atoms. The van der Waals surface area contributed by atoms with Crippen molar-refractivity contribution in [1.82, 2.24) is 9.69 Å². The molecular weight excluding hydrogens is 288 g/mol. The quantitative estimate of drug-likeness (QED) is 0.778. The number of nitrogen functional groups attached to an aromatic ring is 1. The lowest BCUT2D eigenvalue weighted by molar-refractivity contribution is 0.0964. The molecule has 1 aliphatic rings. The van der Waals surface area contributed by atoms with Crippen molar-refractivity contribution in [3.05, 3.63) is 5.56 Å². The molecule has 1 fully saturated rings. The van der Waals surface area contributed by atoms with Crippen LogP contribution in [0.2, 0.25) is 0 Å². The Hall–Kier alpha value is -1.35. The van der Waals surface area contributed by atoms with Gasteiger partial charge in [-0.25, -0.2) is 8.42 Å². The summed E-state index contributed by atoms with van der Waals surface area (Å²) in [5, 5.41) is 3.17. The van der Waals surface area contributed by atoms with Gasteiger partial charge in [0.2, 0.25) is 0 Å². The molecule has 0 unspecified atom stereocenters. The number of sulfone groups is 1. The van der Waals surface area contributed by atoms with Gasteiger partial charge in [0.1, 0.15) is 10.6 Å². The first-order valence-corrected chi connectivity index (χ1v) is 8.46. The maximum atomic E-state index is 11.8. The van der Waals surface area contributed by atoms with Gasteiger partial charge in [-0.05, 0) is 18.0 Å². The van der Waals surface area contributed by atoms with Gasteiger partial charge in [0, 0.05) is 20.1 Å². The molecule has 0 saturated carbocycles. The van der Waals surface area contributed by atoms with Crippen LogP contribution in [0.1, 0.15) is 16.8 Å². The van der Waals surface area contributed by atoms with Crippen molar-refractivity contribution in [1.29, 1.82) is 0 Å². The second kappa shape index (κ2) is 5.33. The van der Waals surface area contributed by atoms with Gasteiger partial charge in [-0.3, -0.25) is 4.79 Å². The summed E-state index contributed by atoms with van der Waals surface area (Å²) in [6.45, 7) is 0.957. The molecule has 9 heteroatoms. The van der Waals surface area contributed by atoms with E-state index >= 15 is 0 Å². The predicted molar refractivity (Wildman–Crippen MR) is 75.4 cm³/mol. The highest BCUT2D eigenvalue weighted by Gasteiger charge is 2.26. The molecule has 2 rings (SSSR count). The van der Waals surface area contributed by atoms with Crippen molar-refractivity contribution >= 4 is 38.1 Å². The Morgan fingerprint density at radius 1 is 1.42 bits per heavy atom. The van der Waals surface area contributed by atoms with Crippen LogP contribution in [0.4, 0.5) is 10.8 Å². The van der Waals surface area contributed by atoms with Gasteiger partial charge in [0.25, 0.3) is 5.91 Å². The molecule has 0 atom stereocenters. The van der Waals surface area contributed by atoms with Gasteiger partial charge in [-0.1, -0.05) is 0 Å². The van der Waals surface area contributed by atoms with Crippen LogP contribution in [0.15, 0.2) is 0 Å². The summed E-state index contributed by atoms with van der Waals surface area (Å²) in [4.78, 5) is 13.7. The summed E-state index contributed by atoms with van der Waals surface area (Å²) in [5.41, 5.74) is 6.05. The van der Waals surface area contributed by atoms with E-state index in [1.54, 1.807) is 0 Å². The number of amides is 1. The fraction of sp³-hybridized carbons (Fsp3) is 0.600. The second-order valence-corrected chi connectivity index (χ2v) is 7.37. The van der Waals surface area contributed by atoms with Gasteiger partial charge in [0.05, 0.1) is 11.5 Å². The molecule has 0 radical (unpaired) electrons. The van der Waals surface area contributed by atoms with E-state index in [2.05, 4.69) is 9.69 Å². The van der Waals surface area contributed by atoms with E-state index in [0.717, 1.165) is 11.5 Å². The van der Waals surface area contributed by atoms with Gasteiger partial charge >= 0.3 is 0 Å². The first kappa shape index (κ1) is 14.1. The topological polar surface area (TPSA) is 105 Å². The monoisotopic (exact) mass is 304 g/mol. The van der Waals surface area contributed by atoms with Crippen LogP contribution in [0.5, 0.6) is 0 Å². The van der Waals surface area contributed by atoms with E-state index in [-0.39, 0.29) is 23.2 Å². The number of nitrogens with one attached hydrogen (secondary N) is 1. The third kappa shape index (κ3) is 2.98. The van der Waals surface area contributed by atoms with Crippen LogP contribution >= 0.6 is 11.5 Å². The Bertz CT molecular complexity index is 582. The number of hydrogen-bond donors (Lipinski definition) is 2. The Morgan fingerprint density at radius 3 is 2.84 bits per heavy atom. The molecule has 1 aromatic rings. The first-order chi connectivity index (χ1) is 8.94. The van der Waals surface area contributed by atoms with E-state index < -0.39 is 9.84 Å². The SMILES string of the molecule is CNC(=O)c1c(N)nsc1N1CCCS(=O)(=O)CC1. The van der Waals surface area contributed by atoms with E-state index in [1.165, 1.54) is 7.05 Å². The van der Waals surface area contributed by atoms with Crippen molar-refractivity contribution in [2.45, 2.75) is 6.42 Å². The molecule has 3 N–H and O–H groups in total. The minimum atomic E-state index is -2.98. The summed E-state index contributed by atoms with van der Waals surface area (Å²) in [6.07, 6.45) is 0.549. The van der Waals surface area contributed by atoms with E-state index in [1.807, 2.05) is 4.90 Å². The molecular formula is C10H16N4O3S2. The molecule has 0 aromatic carbocycles. The Morgan fingerprint density at radius 2 is 2.16 bits per heavy atom. The zero-order valence-corrected chi connectivity index (χ0v) is 12.2. The summed E-state index contributed by atoms with van der Waals surface area (Å²) < 4.78 is 27.2. The molecule has 1 saturated heterocycles. The van der Waals surface area contributed by atoms with Gasteiger partial charge in [-0.2, -0.15) is 4.37 Å². The summed E-state index contributed by atoms with van der Waals surface area (Å²) in [6, 6.07) is 0. The third-order valence-corrected chi connectivity index (χ3v) is 5.64. The molecule has 0 spiro atoms. The number of nitrogens with zero attached hydrogens (tertiary/aromatic N) is 2. The van der Waals surface area contributed by atoms with Gasteiger partial charge < -0.3 is 16.0 Å². The molecule has 0 aliphatic carbocycles. The van der Waals surface area contributed by atoms with Crippen molar-refractivity contribution < 1.29 is 13.2 Å². The fourth-order valence-corrected chi connectivity index (χ4v) is 4.12. The number of carbonyl (C=O) groups is 1. The van der Waals surface area contributed by atoms with Gasteiger partial charge in [-0.15, -0.1) is 0 Å². The average Bonchev–Trinajstić information content (AvgIpc) is 2.64. The van der Waals surface area contributed by atoms with Gasteiger partial charge in [0.15, 0.2) is 15.7 Å². The average molecular weight is 304 g/mol. The molecule has 7 nitrogen and oxygen atoms in total. The van der Waals surface area contributed by atoms with E-state index in [9.17, 15) is 13.2 Å². The van der Waals surface area contributed by atoms with Crippen molar-refractivity contribution in [2.24, 2.45) is 0 Å². The third-order valence-electron chi connectivity index (χ3n) is 3.00. The number of aromatic nitrogens is 1. The Labute approximate surface area is 115 Å². The maximum Gasteiger partial charge on any atom is 0.257 e. The largest absolute Gasteiger partial charge is 0.382 e.